The first-order valence-electron chi connectivity index (χ1n) is 3.85. The summed E-state index contributed by atoms with van der Waals surface area (Å²) in [5, 5.41) is 9.25. The molecule has 0 aromatic heterocycles. The number of aromatic hydroxyl groups is 1. The lowest BCUT2D eigenvalue weighted by Gasteiger charge is -2.06. The first-order chi connectivity index (χ1) is 5.74. The third-order valence-electron chi connectivity index (χ3n) is 1.69. The molecule has 0 bridgehead atoms. The maximum Gasteiger partial charge on any atom is 0.118 e. The van der Waals surface area contributed by atoms with Crippen molar-refractivity contribution in [1.82, 2.24) is 0 Å². The number of rotatable bonds is 3. The number of phenols is 1. The quantitative estimate of drug-likeness (QED) is 0.714. The van der Waals surface area contributed by atoms with Gasteiger partial charge in [0.15, 0.2) is 0 Å². The molecule has 0 radical (unpaired) electrons. The number of halogens is 1. The Kier molecular flexibility index (Phi) is 3.05. The van der Waals surface area contributed by atoms with Gasteiger partial charge in [0, 0.05) is 13.0 Å². The smallest absolute Gasteiger partial charge is 0.118 e. The minimum Gasteiger partial charge on any atom is -0.508 e. The van der Waals surface area contributed by atoms with Crippen molar-refractivity contribution in [3.05, 3.63) is 29.8 Å². The highest BCUT2D eigenvalue weighted by molar-refractivity contribution is 5.32. The van der Waals surface area contributed by atoms with Crippen molar-refractivity contribution in [1.29, 1.82) is 0 Å². The number of alkyl halides is 1. The van der Waals surface area contributed by atoms with E-state index in [2.05, 4.69) is 0 Å². The minimum absolute atomic E-state index is 0.00562. The van der Waals surface area contributed by atoms with Gasteiger partial charge in [-0.3, -0.25) is 0 Å². The van der Waals surface area contributed by atoms with Gasteiger partial charge in [0.1, 0.15) is 11.9 Å². The molecule has 1 rings (SSSR count). The average Bonchev–Trinajstić information content (AvgIpc) is 2.09. The van der Waals surface area contributed by atoms with Crippen LogP contribution in [0.3, 0.4) is 0 Å². The van der Waals surface area contributed by atoms with Gasteiger partial charge in [0.05, 0.1) is 0 Å². The Bertz CT molecular complexity index is 252. The Morgan fingerprint density at radius 2 is 2.08 bits per heavy atom. The molecule has 0 heterocycles. The number of para-hydroxylation sites is 1. The molecule has 12 heavy (non-hydrogen) atoms. The molecule has 0 aliphatic rings. The van der Waals surface area contributed by atoms with Crippen LogP contribution in [0.4, 0.5) is 4.39 Å². The normalized spacial score (nSPS) is 12.8. The monoisotopic (exact) mass is 169 g/mol. The van der Waals surface area contributed by atoms with Crippen LogP contribution in [-0.2, 0) is 6.42 Å². The van der Waals surface area contributed by atoms with Crippen LogP contribution < -0.4 is 5.73 Å². The van der Waals surface area contributed by atoms with Crippen molar-refractivity contribution in [2.24, 2.45) is 5.73 Å². The van der Waals surface area contributed by atoms with Gasteiger partial charge in [-0.2, -0.15) is 0 Å². The first kappa shape index (κ1) is 9.00. The summed E-state index contributed by atoms with van der Waals surface area (Å²) in [5.41, 5.74) is 5.72. The van der Waals surface area contributed by atoms with Crippen molar-refractivity contribution >= 4 is 0 Å². The summed E-state index contributed by atoms with van der Waals surface area (Å²) in [4.78, 5) is 0. The third kappa shape index (κ3) is 2.20. The van der Waals surface area contributed by atoms with Crippen molar-refractivity contribution < 1.29 is 9.50 Å². The minimum atomic E-state index is -1.07. The number of benzene rings is 1. The van der Waals surface area contributed by atoms with Gasteiger partial charge in [-0.05, 0) is 11.6 Å². The number of phenolic OH excluding ortho intramolecular Hbond substituents is 1. The summed E-state index contributed by atoms with van der Waals surface area (Å²) in [6.07, 6.45) is -0.887. The summed E-state index contributed by atoms with van der Waals surface area (Å²) in [7, 11) is 0. The van der Waals surface area contributed by atoms with E-state index in [9.17, 15) is 9.50 Å². The van der Waals surface area contributed by atoms with Crippen LogP contribution in [0, 0.1) is 0 Å². The van der Waals surface area contributed by atoms with Gasteiger partial charge in [-0.1, -0.05) is 18.2 Å². The zero-order chi connectivity index (χ0) is 8.97. The standard InChI is InChI=1S/C9H12FNO/c10-8(6-11)5-7-3-1-2-4-9(7)12/h1-4,8,12H,5-6,11H2. The average molecular weight is 169 g/mol. The molecule has 0 amide bonds. The highest BCUT2D eigenvalue weighted by Crippen LogP contribution is 2.17. The van der Waals surface area contributed by atoms with E-state index in [1.807, 2.05) is 0 Å². The predicted octanol–water partition coefficient (Wildman–Crippen LogP) is 1.23. The van der Waals surface area contributed by atoms with Crippen LogP contribution in [0.1, 0.15) is 5.56 Å². The maximum absolute atomic E-state index is 12.8. The van der Waals surface area contributed by atoms with Crippen molar-refractivity contribution in [3.63, 3.8) is 0 Å². The molecule has 1 unspecified atom stereocenters. The maximum atomic E-state index is 12.8. The highest BCUT2D eigenvalue weighted by atomic mass is 19.1. The van der Waals surface area contributed by atoms with E-state index in [0.29, 0.717) is 5.56 Å². The number of nitrogens with two attached hydrogens (primary N) is 1. The van der Waals surface area contributed by atoms with Gasteiger partial charge >= 0.3 is 0 Å². The summed E-state index contributed by atoms with van der Waals surface area (Å²) >= 11 is 0. The molecule has 0 spiro atoms. The Labute approximate surface area is 70.8 Å². The Morgan fingerprint density at radius 1 is 1.42 bits per heavy atom. The van der Waals surface area contributed by atoms with E-state index in [1.54, 1.807) is 24.3 Å². The third-order valence-corrected chi connectivity index (χ3v) is 1.69. The van der Waals surface area contributed by atoms with Gasteiger partial charge in [0.25, 0.3) is 0 Å². The summed E-state index contributed by atoms with van der Waals surface area (Å²) in [5.74, 6) is 0.133. The SMILES string of the molecule is NCC(F)Cc1ccccc1O. The first-order valence-corrected chi connectivity index (χ1v) is 3.85. The van der Waals surface area contributed by atoms with Gasteiger partial charge in [-0.25, -0.2) is 4.39 Å². The molecular formula is C9H12FNO. The molecule has 3 N–H and O–H groups in total. The van der Waals surface area contributed by atoms with Crippen molar-refractivity contribution in [2.45, 2.75) is 12.6 Å². The molecule has 66 valence electrons. The number of hydrogen-bond donors (Lipinski definition) is 2. The Hall–Kier alpha value is -1.09. The van der Waals surface area contributed by atoms with E-state index in [4.69, 9.17) is 5.73 Å². The van der Waals surface area contributed by atoms with Crippen LogP contribution >= 0.6 is 0 Å². The molecule has 1 aromatic rings. The molecule has 2 nitrogen and oxygen atoms in total. The number of hydrogen-bond acceptors (Lipinski definition) is 2. The highest BCUT2D eigenvalue weighted by Gasteiger charge is 2.07. The van der Waals surface area contributed by atoms with Crippen molar-refractivity contribution in [2.75, 3.05) is 6.54 Å². The van der Waals surface area contributed by atoms with Crippen molar-refractivity contribution in [3.8, 4) is 5.75 Å². The van der Waals surface area contributed by atoms with Gasteiger partial charge in [-0.15, -0.1) is 0 Å². The molecule has 1 atom stereocenters. The fourth-order valence-electron chi connectivity index (χ4n) is 1.01. The lowest BCUT2D eigenvalue weighted by atomic mass is 10.1. The summed E-state index contributed by atoms with van der Waals surface area (Å²) < 4.78 is 12.8. The van der Waals surface area contributed by atoms with Crippen LogP contribution in [0.2, 0.25) is 0 Å². The zero-order valence-corrected chi connectivity index (χ0v) is 6.70. The van der Waals surface area contributed by atoms with Crippen LogP contribution in [-0.4, -0.2) is 17.8 Å². The second kappa shape index (κ2) is 4.07. The molecule has 0 saturated carbocycles. The molecular weight excluding hydrogens is 157 g/mol. The topological polar surface area (TPSA) is 46.2 Å². The summed E-state index contributed by atoms with van der Waals surface area (Å²) in [6.45, 7) is -0.00562. The van der Waals surface area contributed by atoms with Gasteiger partial charge < -0.3 is 10.8 Å². The van der Waals surface area contributed by atoms with Crippen LogP contribution in [0.15, 0.2) is 24.3 Å². The molecule has 1 aromatic carbocycles. The van der Waals surface area contributed by atoms with E-state index in [0.717, 1.165) is 0 Å². The Balaban J connectivity index is 2.69. The Morgan fingerprint density at radius 3 is 2.67 bits per heavy atom. The molecule has 0 aliphatic heterocycles. The predicted molar refractivity (Wildman–Crippen MR) is 45.8 cm³/mol. The lowest BCUT2D eigenvalue weighted by Crippen LogP contribution is -2.17. The van der Waals surface area contributed by atoms with Gasteiger partial charge in [0.2, 0.25) is 0 Å². The van der Waals surface area contributed by atoms with E-state index < -0.39 is 6.17 Å². The fraction of sp³-hybridized carbons (Fsp3) is 0.333. The zero-order valence-electron chi connectivity index (χ0n) is 6.70. The largest absolute Gasteiger partial charge is 0.508 e. The molecule has 3 heteroatoms. The van der Waals surface area contributed by atoms with E-state index in [-0.39, 0.29) is 18.7 Å². The van der Waals surface area contributed by atoms with E-state index in [1.165, 1.54) is 0 Å². The summed E-state index contributed by atoms with van der Waals surface area (Å²) in [6, 6.07) is 6.70. The molecule has 0 aliphatic carbocycles. The van der Waals surface area contributed by atoms with Crippen LogP contribution in [0.5, 0.6) is 5.75 Å². The fourth-order valence-corrected chi connectivity index (χ4v) is 1.01. The second-order valence-electron chi connectivity index (χ2n) is 2.67. The van der Waals surface area contributed by atoms with Crippen LogP contribution in [0.25, 0.3) is 0 Å². The van der Waals surface area contributed by atoms with E-state index >= 15 is 0 Å². The second-order valence-corrected chi connectivity index (χ2v) is 2.67. The molecule has 0 fully saturated rings. The lowest BCUT2D eigenvalue weighted by molar-refractivity contribution is 0.335. The molecule has 0 saturated heterocycles.